The van der Waals surface area contributed by atoms with Gasteiger partial charge in [0.1, 0.15) is 0 Å². The lowest BCUT2D eigenvalue weighted by Gasteiger charge is -2.32. The van der Waals surface area contributed by atoms with Gasteiger partial charge in [-0.3, -0.25) is 10.5 Å². The molecule has 0 aromatic rings. The number of carbonyl (C=O) groups is 1. The second-order valence-electron chi connectivity index (χ2n) is 6.79. The lowest BCUT2D eigenvalue weighted by atomic mass is 9.72. The molecule has 2 nitrogen and oxygen atoms in total. The van der Waals surface area contributed by atoms with Gasteiger partial charge in [0.05, 0.1) is 0 Å². The maximum absolute atomic E-state index is 10.6. The minimum atomic E-state index is -0.662. The smallest absolute Gasteiger partial charge is 0.262 e. The number of hydrogen-bond donors (Lipinski definition) is 0. The molecule has 0 saturated carbocycles. The maximum atomic E-state index is 10.6. The highest BCUT2D eigenvalue weighted by atomic mass is 16.1. The van der Waals surface area contributed by atoms with Gasteiger partial charge in [0.2, 0.25) is 0 Å². The topological polar surface area (TPSA) is 40.9 Å². The predicted octanol–water partition coefficient (Wildman–Crippen LogP) is 5.33. The second kappa shape index (κ2) is 7.98. The highest BCUT2D eigenvalue weighted by Gasteiger charge is 2.26. The zero-order valence-electron chi connectivity index (χ0n) is 14.5. The summed E-state index contributed by atoms with van der Waals surface area (Å²) in [6.45, 7) is 10.8. The summed E-state index contributed by atoms with van der Waals surface area (Å²) in [5.41, 5.74) is 12.1. The van der Waals surface area contributed by atoms with Gasteiger partial charge in [0, 0.05) is 6.08 Å². The first kappa shape index (κ1) is 18.2. The predicted molar refractivity (Wildman–Crippen MR) is 94.2 cm³/mol. The van der Waals surface area contributed by atoms with Gasteiger partial charge in [-0.2, -0.15) is 0 Å². The molecule has 0 aromatic heterocycles. The number of allylic oxidation sites excluding steroid dienone is 9. The van der Waals surface area contributed by atoms with Crippen molar-refractivity contribution in [3.63, 3.8) is 0 Å². The average molecular weight is 298 g/mol. The molecule has 0 fully saturated rings. The Morgan fingerprint density at radius 3 is 2.45 bits per heavy atom. The Bertz CT molecular complexity index is 569. The van der Waals surface area contributed by atoms with Crippen LogP contribution in [0, 0.1) is 5.41 Å². The van der Waals surface area contributed by atoms with Gasteiger partial charge in [-0.05, 0) is 56.6 Å². The first-order valence-electron chi connectivity index (χ1n) is 7.89. The minimum absolute atomic E-state index is 0.267. The molecular formula is C20H28NO. The molecule has 22 heavy (non-hydrogen) atoms. The van der Waals surface area contributed by atoms with E-state index in [0.717, 1.165) is 5.57 Å². The summed E-state index contributed by atoms with van der Waals surface area (Å²) in [4.78, 5) is 10.6. The molecule has 1 aliphatic carbocycles. The van der Waals surface area contributed by atoms with E-state index < -0.39 is 5.91 Å². The third-order valence-corrected chi connectivity index (χ3v) is 4.13. The van der Waals surface area contributed by atoms with Crippen molar-refractivity contribution in [1.82, 2.24) is 5.73 Å². The molecule has 1 rings (SSSR count). The van der Waals surface area contributed by atoms with Crippen molar-refractivity contribution >= 4 is 5.91 Å². The second-order valence-corrected chi connectivity index (χ2v) is 6.79. The monoisotopic (exact) mass is 298 g/mol. The molecule has 0 saturated heterocycles. The van der Waals surface area contributed by atoms with Crippen molar-refractivity contribution in [2.75, 3.05) is 0 Å². The Balaban J connectivity index is 2.79. The van der Waals surface area contributed by atoms with E-state index >= 15 is 0 Å². The van der Waals surface area contributed by atoms with Gasteiger partial charge in [-0.15, -0.1) is 0 Å². The molecule has 119 valence electrons. The normalized spacial score (nSPS) is 20.2. The molecule has 1 N–H and O–H groups in total. The van der Waals surface area contributed by atoms with Crippen LogP contribution in [0.25, 0.3) is 0 Å². The molecule has 0 atom stereocenters. The van der Waals surface area contributed by atoms with E-state index in [1.54, 1.807) is 0 Å². The highest BCUT2D eigenvalue weighted by molar-refractivity contribution is 5.86. The van der Waals surface area contributed by atoms with Crippen molar-refractivity contribution in [3.05, 3.63) is 58.7 Å². The number of rotatable bonds is 5. The van der Waals surface area contributed by atoms with E-state index in [0.29, 0.717) is 0 Å². The SMILES string of the molecule is CC(C=CC1=C(C)CCCC1(C)C)=CC=CC(C)=CC([NH])=O. The first-order valence-corrected chi connectivity index (χ1v) is 7.89. The Hall–Kier alpha value is -1.83. The Morgan fingerprint density at radius 1 is 1.18 bits per heavy atom. The van der Waals surface area contributed by atoms with Gasteiger partial charge < -0.3 is 0 Å². The number of nitrogens with one attached hydrogen (secondary N) is 1. The van der Waals surface area contributed by atoms with Crippen LogP contribution in [0.5, 0.6) is 0 Å². The number of hydrogen-bond acceptors (Lipinski definition) is 1. The van der Waals surface area contributed by atoms with E-state index in [-0.39, 0.29) is 5.41 Å². The first-order chi connectivity index (χ1) is 10.2. The van der Waals surface area contributed by atoms with E-state index in [4.69, 9.17) is 5.73 Å². The van der Waals surface area contributed by atoms with E-state index in [2.05, 4.69) is 39.8 Å². The van der Waals surface area contributed by atoms with Crippen LogP contribution in [0.15, 0.2) is 58.7 Å². The summed E-state index contributed by atoms with van der Waals surface area (Å²) in [7, 11) is 0. The molecule has 0 unspecified atom stereocenters. The van der Waals surface area contributed by atoms with Crippen LogP contribution in [-0.2, 0) is 4.79 Å². The molecular weight excluding hydrogens is 270 g/mol. The molecule has 0 aliphatic heterocycles. The fraction of sp³-hybridized carbons (Fsp3) is 0.450. The summed E-state index contributed by atoms with van der Waals surface area (Å²) in [6, 6.07) is 0. The largest absolute Gasteiger partial charge is 0.268 e. The van der Waals surface area contributed by atoms with Crippen molar-refractivity contribution < 1.29 is 4.79 Å². The van der Waals surface area contributed by atoms with Crippen molar-refractivity contribution in [1.29, 1.82) is 0 Å². The molecule has 1 aliphatic rings. The molecule has 0 aromatic carbocycles. The van der Waals surface area contributed by atoms with Crippen LogP contribution in [0.1, 0.15) is 53.9 Å². The van der Waals surface area contributed by atoms with Crippen LogP contribution < -0.4 is 5.73 Å². The quantitative estimate of drug-likeness (QED) is 0.499. The third kappa shape index (κ3) is 5.88. The molecule has 0 heterocycles. The van der Waals surface area contributed by atoms with E-state index in [9.17, 15) is 4.79 Å². The molecule has 1 amide bonds. The number of carbonyl (C=O) groups excluding carboxylic acids is 1. The Morgan fingerprint density at radius 2 is 1.86 bits per heavy atom. The van der Waals surface area contributed by atoms with Gasteiger partial charge >= 0.3 is 0 Å². The minimum Gasteiger partial charge on any atom is -0.268 e. The summed E-state index contributed by atoms with van der Waals surface area (Å²) in [6.07, 6.45) is 15.3. The van der Waals surface area contributed by atoms with Crippen LogP contribution in [-0.4, -0.2) is 5.91 Å². The van der Waals surface area contributed by atoms with Gasteiger partial charge in [-0.25, -0.2) is 0 Å². The lowest BCUT2D eigenvalue weighted by Crippen LogP contribution is -2.19. The summed E-state index contributed by atoms with van der Waals surface area (Å²) < 4.78 is 0. The fourth-order valence-corrected chi connectivity index (χ4v) is 2.89. The van der Waals surface area contributed by atoms with Gasteiger partial charge in [-0.1, -0.05) is 55.4 Å². The molecule has 0 spiro atoms. The third-order valence-electron chi connectivity index (χ3n) is 4.13. The molecule has 1 radical (unpaired) electrons. The van der Waals surface area contributed by atoms with Gasteiger partial charge in [0.25, 0.3) is 5.91 Å². The van der Waals surface area contributed by atoms with E-state index in [1.165, 1.54) is 42.1 Å². The van der Waals surface area contributed by atoms with Crippen molar-refractivity contribution in [2.45, 2.75) is 53.9 Å². The van der Waals surface area contributed by atoms with E-state index in [1.807, 2.05) is 25.2 Å². The lowest BCUT2D eigenvalue weighted by molar-refractivity contribution is -0.114. The van der Waals surface area contributed by atoms with Crippen molar-refractivity contribution in [3.8, 4) is 0 Å². The van der Waals surface area contributed by atoms with Gasteiger partial charge in [0.15, 0.2) is 0 Å². The molecule has 2 heteroatoms. The number of amides is 1. The zero-order chi connectivity index (χ0) is 16.8. The molecule has 0 bridgehead atoms. The van der Waals surface area contributed by atoms with Crippen molar-refractivity contribution in [2.24, 2.45) is 5.41 Å². The van der Waals surface area contributed by atoms with Crippen LogP contribution in [0.4, 0.5) is 0 Å². The van der Waals surface area contributed by atoms with Crippen LogP contribution in [0.2, 0.25) is 0 Å². The summed E-state index contributed by atoms with van der Waals surface area (Å²) in [5, 5.41) is 0. The standard InChI is InChI=1S/C20H28NO/c1-15(8-6-9-16(2)14-19(21)22)11-12-18-17(3)10-7-13-20(18,4)5/h6,8-9,11-12,14,21H,7,10,13H2,1-5H3. The summed E-state index contributed by atoms with van der Waals surface area (Å²) in [5.74, 6) is -0.662. The Labute approximate surface area is 135 Å². The Kier molecular flexibility index (Phi) is 6.61. The van der Waals surface area contributed by atoms with Crippen LogP contribution >= 0.6 is 0 Å². The maximum Gasteiger partial charge on any atom is 0.262 e. The zero-order valence-corrected chi connectivity index (χ0v) is 14.5. The fourth-order valence-electron chi connectivity index (χ4n) is 2.89. The highest BCUT2D eigenvalue weighted by Crippen LogP contribution is 2.40. The average Bonchev–Trinajstić information content (AvgIpc) is 2.36. The van der Waals surface area contributed by atoms with Crippen LogP contribution in [0.3, 0.4) is 0 Å². The summed E-state index contributed by atoms with van der Waals surface area (Å²) >= 11 is 0.